The fourth-order valence-corrected chi connectivity index (χ4v) is 2.68. The number of fused-ring (bicyclic) bond motifs is 1. The fourth-order valence-electron chi connectivity index (χ4n) is 2.55. The van der Waals surface area contributed by atoms with Gasteiger partial charge in [0.05, 0.1) is 0 Å². The van der Waals surface area contributed by atoms with Crippen molar-refractivity contribution in [2.45, 2.75) is 6.54 Å². The van der Waals surface area contributed by atoms with Crippen molar-refractivity contribution in [3.8, 4) is 0 Å². The van der Waals surface area contributed by atoms with Gasteiger partial charge in [-0.05, 0) is 47.9 Å². The Kier molecular flexibility index (Phi) is 5.02. The summed E-state index contributed by atoms with van der Waals surface area (Å²) < 4.78 is 1.58. The quantitative estimate of drug-likeness (QED) is 0.484. The zero-order valence-corrected chi connectivity index (χ0v) is 14.0. The van der Waals surface area contributed by atoms with E-state index in [0.717, 1.165) is 11.1 Å². The van der Waals surface area contributed by atoms with Gasteiger partial charge in [-0.15, -0.1) is 0 Å². The molecule has 0 fully saturated rings. The lowest BCUT2D eigenvalue weighted by molar-refractivity contribution is 0.0706. The number of aromatic nitrogens is 1. The lowest BCUT2D eigenvalue weighted by Gasteiger charge is -2.10. The van der Waals surface area contributed by atoms with Gasteiger partial charge in [-0.3, -0.25) is 14.8 Å². The zero-order valence-electron chi connectivity index (χ0n) is 13.2. The Labute approximate surface area is 148 Å². The van der Waals surface area contributed by atoms with Crippen LogP contribution in [0.5, 0.6) is 0 Å². The average Bonchev–Trinajstić information content (AvgIpc) is 2.64. The number of hydroxylamine groups is 1. The maximum atomic E-state index is 12.6. The molecular weight excluding hydrogens is 342 g/mol. The minimum absolute atomic E-state index is 0.192. The second-order valence-electron chi connectivity index (χ2n) is 5.49. The number of carbonyl (C=O) groups excluding carboxylic acids is 1. The van der Waals surface area contributed by atoms with Gasteiger partial charge in [0.25, 0.3) is 11.5 Å². The Balaban J connectivity index is 1.79. The number of carbonyl (C=O) groups is 1. The number of nitrogens with one attached hydrogen (secondary N) is 2. The van der Waals surface area contributed by atoms with Crippen LogP contribution in [0.2, 0.25) is 5.02 Å². The highest BCUT2D eigenvalue weighted by Gasteiger charge is 2.08. The van der Waals surface area contributed by atoms with Crippen LogP contribution in [0.1, 0.15) is 10.4 Å². The van der Waals surface area contributed by atoms with Crippen molar-refractivity contribution in [3.63, 3.8) is 0 Å². The van der Waals surface area contributed by atoms with Crippen LogP contribution >= 0.6 is 11.6 Å². The summed E-state index contributed by atoms with van der Waals surface area (Å²) in [6, 6.07) is 13.8. The van der Waals surface area contributed by atoms with Gasteiger partial charge in [0.2, 0.25) is 0 Å². The lowest BCUT2D eigenvalue weighted by atomic mass is 10.1. The number of benzene rings is 2. The van der Waals surface area contributed by atoms with E-state index in [-0.39, 0.29) is 11.1 Å². The average molecular weight is 358 g/mol. The van der Waals surface area contributed by atoms with Gasteiger partial charge in [0.15, 0.2) is 0 Å². The Bertz CT molecular complexity index is 967. The highest BCUT2D eigenvalue weighted by molar-refractivity contribution is 6.30. The molecule has 3 N–H and O–H groups in total. The molecule has 0 aliphatic heterocycles. The van der Waals surface area contributed by atoms with Crippen LogP contribution in [0, 0.1) is 0 Å². The minimum atomic E-state index is -0.652. The van der Waals surface area contributed by atoms with Crippen molar-refractivity contribution < 1.29 is 10.0 Å². The number of hydrogen-bond donors (Lipinski definition) is 3. The van der Waals surface area contributed by atoms with E-state index >= 15 is 0 Å². The number of amides is 1. The van der Waals surface area contributed by atoms with Crippen LogP contribution in [-0.4, -0.2) is 22.2 Å². The summed E-state index contributed by atoms with van der Waals surface area (Å²) in [5.41, 5.74) is 2.52. The first-order valence-corrected chi connectivity index (χ1v) is 8.03. The maximum Gasteiger partial charge on any atom is 0.274 e. The molecule has 0 bridgehead atoms. The molecule has 0 saturated heterocycles. The van der Waals surface area contributed by atoms with E-state index in [0.29, 0.717) is 23.5 Å². The monoisotopic (exact) mass is 357 g/mol. The van der Waals surface area contributed by atoms with Gasteiger partial charge in [0, 0.05) is 40.9 Å². The summed E-state index contributed by atoms with van der Waals surface area (Å²) in [7, 11) is 0. The standard InChI is InChI=1S/C18H16ClN3O3/c19-14-3-5-15(6-4-14)20-8-10-22-9-7-12-1-2-13(17(23)21-25)11-16(12)18(22)24/h1-7,9,11,20,25H,8,10H2,(H,21,23). The molecule has 0 aliphatic rings. The van der Waals surface area contributed by atoms with Crippen LogP contribution in [-0.2, 0) is 6.54 Å². The highest BCUT2D eigenvalue weighted by atomic mass is 35.5. The van der Waals surface area contributed by atoms with Crippen molar-refractivity contribution in [3.05, 3.63) is 75.7 Å². The van der Waals surface area contributed by atoms with Crippen LogP contribution in [0.15, 0.2) is 59.5 Å². The first kappa shape index (κ1) is 17.0. The molecule has 25 heavy (non-hydrogen) atoms. The molecule has 0 radical (unpaired) electrons. The second-order valence-corrected chi connectivity index (χ2v) is 5.93. The molecule has 1 amide bonds. The van der Waals surface area contributed by atoms with Crippen molar-refractivity contribution in [1.29, 1.82) is 0 Å². The van der Waals surface area contributed by atoms with Gasteiger partial charge in [0.1, 0.15) is 0 Å². The third-order valence-electron chi connectivity index (χ3n) is 3.87. The molecule has 1 heterocycles. The third-order valence-corrected chi connectivity index (χ3v) is 4.12. The summed E-state index contributed by atoms with van der Waals surface area (Å²) in [5, 5.41) is 13.8. The molecule has 0 spiro atoms. The largest absolute Gasteiger partial charge is 0.383 e. The maximum absolute atomic E-state index is 12.6. The smallest absolute Gasteiger partial charge is 0.274 e. The molecule has 0 unspecified atom stereocenters. The predicted molar refractivity (Wildman–Crippen MR) is 97.4 cm³/mol. The van der Waals surface area contributed by atoms with Crippen molar-refractivity contribution in [2.24, 2.45) is 0 Å². The second kappa shape index (κ2) is 7.38. The van der Waals surface area contributed by atoms with Crippen LogP contribution < -0.4 is 16.4 Å². The van der Waals surface area contributed by atoms with E-state index in [1.807, 2.05) is 18.2 Å². The van der Waals surface area contributed by atoms with E-state index in [2.05, 4.69) is 5.32 Å². The van der Waals surface area contributed by atoms with E-state index in [1.54, 1.807) is 40.5 Å². The summed E-state index contributed by atoms with van der Waals surface area (Å²) in [4.78, 5) is 24.1. The van der Waals surface area contributed by atoms with Gasteiger partial charge in [-0.1, -0.05) is 17.7 Å². The van der Waals surface area contributed by atoms with Crippen molar-refractivity contribution in [1.82, 2.24) is 10.0 Å². The summed E-state index contributed by atoms with van der Waals surface area (Å²) >= 11 is 5.85. The van der Waals surface area contributed by atoms with Gasteiger partial charge >= 0.3 is 0 Å². The summed E-state index contributed by atoms with van der Waals surface area (Å²) in [6.07, 6.45) is 1.72. The van der Waals surface area contributed by atoms with Gasteiger partial charge in [-0.2, -0.15) is 0 Å². The number of rotatable bonds is 5. The Hall–Kier alpha value is -2.83. The van der Waals surface area contributed by atoms with Crippen LogP contribution in [0.4, 0.5) is 5.69 Å². The van der Waals surface area contributed by atoms with E-state index < -0.39 is 5.91 Å². The molecule has 2 aromatic carbocycles. The lowest BCUT2D eigenvalue weighted by Crippen LogP contribution is -2.24. The molecule has 7 heteroatoms. The number of pyridine rings is 1. The number of anilines is 1. The molecule has 0 aliphatic carbocycles. The van der Waals surface area contributed by atoms with E-state index in [9.17, 15) is 9.59 Å². The molecule has 6 nitrogen and oxygen atoms in total. The molecule has 0 atom stereocenters. The van der Waals surface area contributed by atoms with Crippen molar-refractivity contribution >= 4 is 34.0 Å². The highest BCUT2D eigenvalue weighted by Crippen LogP contribution is 2.14. The first-order valence-electron chi connectivity index (χ1n) is 7.65. The molecule has 128 valence electrons. The minimum Gasteiger partial charge on any atom is -0.383 e. The van der Waals surface area contributed by atoms with Gasteiger partial charge in [-0.25, -0.2) is 5.48 Å². The predicted octanol–water partition coefficient (Wildman–Crippen LogP) is 2.89. The first-order chi connectivity index (χ1) is 12.1. The van der Waals surface area contributed by atoms with E-state index in [4.69, 9.17) is 16.8 Å². The third kappa shape index (κ3) is 3.81. The normalized spacial score (nSPS) is 10.6. The summed E-state index contributed by atoms with van der Waals surface area (Å²) in [5.74, 6) is -0.652. The molecule has 0 saturated carbocycles. The van der Waals surface area contributed by atoms with Crippen LogP contribution in [0.3, 0.4) is 0 Å². The fraction of sp³-hybridized carbons (Fsp3) is 0.111. The van der Waals surface area contributed by atoms with Gasteiger partial charge < -0.3 is 9.88 Å². The topological polar surface area (TPSA) is 83.4 Å². The zero-order chi connectivity index (χ0) is 17.8. The Morgan fingerprint density at radius 1 is 1.12 bits per heavy atom. The SMILES string of the molecule is O=C(NO)c1ccc2ccn(CCNc3ccc(Cl)cc3)c(=O)c2c1. The molecular formula is C18H16ClN3O3. The van der Waals surface area contributed by atoms with Crippen LogP contribution in [0.25, 0.3) is 10.8 Å². The molecule has 1 aromatic heterocycles. The summed E-state index contributed by atoms with van der Waals surface area (Å²) in [6.45, 7) is 1.03. The number of hydrogen-bond acceptors (Lipinski definition) is 4. The Morgan fingerprint density at radius 3 is 2.60 bits per heavy atom. The number of nitrogens with zero attached hydrogens (tertiary/aromatic N) is 1. The molecule has 3 aromatic rings. The number of halogens is 1. The van der Waals surface area contributed by atoms with E-state index in [1.165, 1.54) is 6.07 Å². The molecule has 3 rings (SSSR count). The van der Waals surface area contributed by atoms with Crippen molar-refractivity contribution in [2.75, 3.05) is 11.9 Å². The Morgan fingerprint density at radius 2 is 1.88 bits per heavy atom.